The highest BCUT2D eigenvalue weighted by atomic mass is 16.5. The zero-order valence-corrected chi connectivity index (χ0v) is 14.7. The highest BCUT2D eigenvalue weighted by Gasteiger charge is 2.28. The Morgan fingerprint density at radius 2 is 2.08 bits per heavy atom. The van der Waals surface area contributed by atoms with Crippen LogP contribution >= 0.6 is 0 Å². The first-order chi connectivity index (χ1) is 12.1. The summed E-state index contributed by atoms with van der Waals surface area (Å²) < 4.78 is 10.9. The van der Waals surface area contributed by atoms with Gasteiger partial charge >= 0.3 is 0 Å². The minimum atomic E-state index is -0.0950. The molecule has 3 rings (SSSR count). The maximum Gasteiger partial charge on any atom is 0.254 e. The van der Waals surface area contributed by atoms with Crippen molar-refractivity contribution in [1.82, 2.24) is 14.9 Å². The third-order valence-corrected chi connectivity index (χ3v) is 4.13. The van der Waals surface area contributed by atoms with Gasteiger partial charge in [0, 0.05) is 38.3 Å². The van der Waals surface area contributed by atoms with E-state index in [0.29, 0.717) is 30.4 Å². The molecule has 0 aliphatic carbocycles. The van der Waals surface area contributed by atoms with Crippen molar-refractivity contribution in [2.75, 3.05) is 39.2 Å². The van der Waals surface area contributed by atoms with Crippen LogP contribution in [0.25, 0.3) is 0 Å². The number of benzene rings is 1. The predicted molar refractivity (Wildman–Crippen MR) is 94.3 cm³/mol. The maximum atomic E-state index is 12.7. The first-order valence-corrected chi connectivity index (χ1v) is 8.16. The summed E-state index contributed by atoms with van der Waals surface area (Å²) in [5, 5.41) is 0. The van der Waals surface area contributed by atoms with Gasteiger partial charge in [0.15, 0.2) is 0 Å². The Morgan fingerprint density at radius 1 is 1.28 bits per heavy atom. The van der Waals surface area contributed by atoms with E-state index in [2.05, 4.69) is 9.97 Å². The van der Waals surface area contributed by atoms with E-state index in [1.54, 1.807) is 6.20 Å². The molecule has 25 heavy (non-hydrogen) atoms. The number of nitrogens with zero attached hydrogens (tertiary/aromatic N) is 4. The molecule has 1 saturated heterocycles. The smallest absolute Gasteiger partial charge is 0.254 e. The number of rotatable bonds is 5. The first-order valence-electron chi connectivity index (χ1n) is 8.16. The van der Waals surface area contributed by atoms with Gasteiger partial charge in [-0.15, -0.1) is 0 Å². The van der Waals surface area contributed by atoms with E-state index >= 15 is 0 Å². The normalized spacial score (nSPS) is 16.6. The summed E-state index contributed by atoms with van der Waals surface area (Å²) in [7, 11) is 5.45. The number of aromatic nitrogens is 2. The Hall–Kier alpha value is -2.83. The summed E-state index contributed by atoms with van der Waals surface area (Å²) in [4.78, 5) is 24.7. The van der Waals surface area contributed by atoms with Crippen molar-refractivity contribution in [3.05, 3.63) is 42.2 Å². The van der Waals surface area contributed by atoms with Crippen LogP contribution in [-0.4, -0.2) is 61.2 Å². The lowest BCUT2D eigenvalue weighted by atomic mass is 10.1. The van der Waals surface area contributed by atoms with Gasteiger partial charge in [0.25, 0.3) is 5.91 Å². The van der Waals surface area contributed by atoms with Crippen LogP contribution in [0.2, 0.25) is 0 Å². The van der Waals surface area contributed by atoms with Crippen molar-refractivity contribution < 1.29 is 14.3 Å². The van der Waals surface area contributed by atoms with Gasteiger partial charge < -0.3 is 19.3 Å². The molecule has 2 aromatic rings. The molecule has 7 heteroatoms. The molecule has 0 saturated carbocycles. The molecule has 132 valence electrons. The lowest BCUT2D eigenvalue weighted by Crippen LogP contribution is -2.31. The zero-order valence-electron chi connectivity index (χ0n) is 14.7. The van der Waals surface area contributed by atoms with E-state index in [1.165, 1.54) is 13.3 Å². The number of carbonyl (C=O) groups is 1. The zero-order chi connectivity index (χ0) is 17.8. The molecule has 1 unspecified atom stereocenters. The second kappa shape index (κ2) is 7.38. The molecule has 1 aliphatic rings. The molecule has 1 fully saturated rings. The molecule has 1 atom stereocenters. The second-order valence-electron chi connectivity index (χ2n) is 6.12. The van der Waals surface area contributed by atoms with Crippen LogP contribution in [0.4, 0.5) is 5.69 Å². The maximum absolute atomic E-state index is 12.7. The fourth-order valence-electron chi connectivity index (χ4n) is 2.77. The summed E-state index contributed by atoms with van der Waals surface area (Å²) in [5.41, 5.74) is 1.69. The number of ether oxygens (including phenoxy) is 2. The van der Waals surface area contributed by atoms with Crippen molar-refractivity contribution in [2.45, 2.75) is 12.5 Å². The molecule has 1 amide bonds. The third kappa shape index (κ3) is 3.99. The van der Waals surface area contributed by atoms with Crippen LogP contribution in [0.3, 0.4) is 0 Å². The number of amides is 1. The Labute approximate surface area is 147 Å². The summed E-state index contributed by atoms with van der Waals surface area (Å²) >= 11 is 0. The van der Waals surface area contributed by atoms with Crippen LogP contribution in [0.5, 0.6) is 11.8 Å². The molecule has 1 aromatic heterocycles. The van der Waals surface area contributed by atoms with Crippen molar-refractivity contribution in [3.8, 4) is 11.8 Å². The number of anilines is 1. The van der Waals surface area contributed by atoms with Gasteiger partial charge in [0.1, 0.15) is 6.10 Å². The summed E-state index contributed by atoms with van der Waals surface area (Å²) in [5.74, 6) is 0.837. The molecule has 0 spiro atoms. The number of hydrogen-bond acceptors (Lipinski definition) is 6. The SMILES string of the molecule is COc1cncc(OC2CCN(C(=O)c3cccc(N(C)C)c3)C2)n1. The number of carbonyl (C=O) groups excluding carboxylic acids is 1. The minimum Gasteiger partial charge on any atom is -0.480 e. The minimum absolute atomic E-state index is 0.0199. The molecule has 1 aromatic carbocycles. The standard InChI is InChI=1S/C18H22N4O3/c1-21(2)14-6-4-5-13(9-14)18(23)22-8-7-15(12-22)25-17-11-19-10-16(20-17)24-3/h4-6,9-11,15H,7-8,12H2,1-3H3. The monoisotopic (exact) mass is 342 g/mol. The van der Waals surface area contributed by atoms with Crippen LogP contribution in [0, 0.1) is 0 Å². The van der Waals surface area contributed by atoms with E-state index in [9.17, 15) is 4.79 Å². The molecule has 7 nitrogen and oxygen atoms in total. The third-order valence-electron chi connectivity index (χ3n) is 4.13. The van der Waals surface area contributed by atoms with Crippen LogP contribution in [0.1, 0.15) is 16.8 Å². The largest absolute Gasteiger partial charge is 0.480 e. The molecule has 0 bridgehead atoms. The lowest BCUT2D eigenvalue weighted by molar-refractivity contribution is 0.0771. The Balaban J connectivity index is 1.64. The van der Waals surface area contributed by atoms with Gasteiger partial charge in [-0.25, -0.2) is 0 Å². The molecular weight excluding hydrogens is 320 g/mol. The highest BCUT2D eigenvalue weighted by Crippen LogP contribution is 2.21. The van der Waals surface area contributed by atoms with E-state index < -0.39 is 0 Å². The van der Waals surface area contributed by atoms with Gasteiger partial charge in [-0.3, -0.25) is 9.78 Å². The van der Waals surface area contributed by atoms with E-state index in [1.807, 2.05) is 48.2 Å². The fraction of sp³-hybridized carbons (Fsp3) is 0.389. The van der Waals surface area contributed by atoms with Crippen LogP contribution in [0.15, 0.2) is 36.7 Å². The second-order valence-corrected chi connectivity index (χ2v) is 6.12. The van der Waals surface area contributed by atoms with Crippen molar-refractivity contribution in [1.29, 1.82) is 0 Å². The topological polar surface area (TPSA) is 67.8 Å². The molecule has 2 heterocycles. The van der Waals surface area contributed by atoms with Crippen molar-refractivity contribution >= 4 is 11.6 Å². The first kappa shape index (κ1) is 17.0. The van der Waals surface area contributed by atoms with E-state index in [-0.39, 0.29) is 12.0 Å². The molecule has 0 radical (unpaired) electrons. The van der Waals surface area contributed by atoms with Gasteiger partial charge in [0.2, 0.25) is 11.8 Å². The molecule has 1 aliphatic heterocycles. The summed E-state index contributed by atoms with van der Waals surface area (Å²) in [6.45, 7) is 1.19. The van der Waals surface area contributed by atoms with Gasteiger partial charge in [-0.1, -0.05) is 6.07 Å². The summed E-state index contributed by atoms with van der Waals surface area (Å²) in [6, 6.07) is 7.63. The lowest BCUT2D eigenvalue weighted by Gasteiger charge is -2.18. The average Bonchev–Trinajstić information content (AvgIpc) is 3.09. The van der Waals surface area contributed by atoms with Crippen molar-refractivity contribution in [2.24, 2.45) is 0 Å². The van der Waals surface area contributed by atoms with Crippen LogP contribution < -0.4 is 14.4 Å². The Morgan fingerprint density at radius 3 is 2.84 bits per heavy atom. The predicted octanol–water partition coefficient (Wildman–Crippen LogP) is 1.84. The average molecular weight is 342 g/mol. The number of likely N-dealkylation sites (tertiary alicyclic amines) is 1. The Kier molecular flexibility index (Phi) is 5.02. The van der Waals surface area contributed by atoms with Crippen LogP contribution in [-0.2, 0) is 0 Å². The van der Waals surface area contributed by atoms with E-state index in [4.69, 9.17) is 9.47 Å². The number of methoxy groups -OCH3 is 1. The molecule has 0 N–H and O–H groups in total. The summed E-state index contributed by atoms with van der Waals surface area (Å²) in [6.07, 6.45) is 3.74. The van der Waals surface area contributed by atoms with Gasteiger partial charge in [-0.2, -0.15) is 4.98 Å². The Bertz CT molecular complexity index is 751. The number of hydrogen-bond donors (Lipinski definition) is 0. The van der Waals surface area contributed by atoms with Gasteiger partial charge in [0.05, 0.1) is 26.0 Å². The molecular formula is C18H22N4O3. The van der Waals surface area contributed by atoms with Gasteiger partial charge in [-0.05, 0) is 18.2 Å². The quantitative estimate of drug-likeness (QED) is 0.826. The fourth-order valence-corrected chi connectivity index (χ4v) is 2.77. The highest BCUT2D eigenvalue weighted by molar-refractivity contribution is 5.95. The van der Waals surface area contributed by atoms with Crippen molar-refractivity contribution in [3.63, 3.8) is 0 Å². The van der Waals surface area contributed by atoms with E-state index in [0.717, 1.165) is 12.1 Å².